The summed E-state index contributed by atoms with van der Waals surface area (Å²) in [5.41, 5.74) is 1.04. The molecule has 0 bridgehead atoms. The van der Waals surface area contributed by atoms with E-state index in [1.54, 1.807) is 30.1 Å². The smallest absolute Gasteiger partial charge is 0.317 e. The molecule has 6 heteroatoms. The van der Waals surface area contributed by atoms with Gasteiger partial charge < -0.3 is 14.6 Å². The molecule has 1 N–H and O–H groups in total. The first-order valence-corrected chi connectivity index (χ1v) is 8.27. The Morgan fingerprint density at radius 1 is 1.30 bits per heavy atom. The van der Waals surface area contributed by atoms with Crippen molar-refractivity contribution in [1.82, 2.24) is 10.2 Å². The van der Waals surface area contributed by atoms with Crippen LogP contribution in [-0.4, -0.2) is 24.5 Å². The summed E-state index contributed by atoms with van der Waals surface area (Å²) in [5.74, 6) is 0.479. The van der Waals surface area contributed by atoms with E-state index in [4.69, 9.17) is 4.42 Å². The van der Waals surface area contributed by atoms with Gasteiger partial charge in [0.25, 0.3) is 0 Å². The lowest BCUT2D eigenvalue weighted by atomic mass is 9.96. The van der Waals surface area contributed by atoms with Gasteiger partial charge in [-0.25, -0.2) is 9.18 Å². The van der Waals surface area contributed by atoms with Crippen molar-refractivity contribution in [3.05, 3.63) is 58.2 Å². The third kappa shape index (κ3) is 3.75. The molecule has 23 heavy (non-hydrogen) atoms. The van der Waals surface area contributed by atoms with Crippen molar-refractivity contribution in [2.24, 2.45) is 0 Å². The number of urea groups is 1. The fraction of sp³-hybridized carbons (Fsp3) is 0.353. The van der Waals surface area contributed by atoms with Gasteiger partial charge in [-0.2, -0.15) is 0 Å². The molecule has 2 amide bonds. The summed E-state index contributed by atoms with van der Waals surface area (Å²) in [6.07, 6.45) is 2.02. The lowest BCUT2D eigenvalue weighted by molar-refractivity contribution is 0.201. The van der Waals surface area contributed by atoms with Crippen molar-refractivity contribution in [2.45, 2.75) is 24.8 Å². The molecule has 0 unspecified atom stereocenters. The highest BCUT2D eigenvalue weighted by atomic mass is 79.9. The quantitative estimate of drug-likeness (QED) is 0.849. The standard InChI is InChI=1S/C17H18BrFN2O2/c1-21(10-14-6-7-15(18)23-14)16(22)20-11-17(8-9-17)12-2-4-13(19)5-3-12/h2-7H,8-11H2,1H3,(H,20,22). The second-order valence-corrected chi connectivity index (χ2v) is 6.79. The van der Waals surface area contributed by atoms with Crippen LogP contribution >= 0.6 is 15.9 Å². The zero-order valence-corrected chi connectivity index (χ0v) is 14.4. The number of rotatable bonds is 5. The number of furan rings is 1. The van der Waals surface area contributed by atoms with Crippen molar-refractivity contribution in [3.63, 3.8) is 0 Å². The van der Waals surface area contributed by atoms with Gasteiger partial charge in [0.1, 0.15) is 11.6 Å². The summed E-state index contributed by atoms with van der Waals surface area (Å²) in [6.45, 7) is 0.963. The maximum atomic E-state index is 13.0. The largest absolute Gasteiger partial charge is 0.452 e. The number of carbonyl (C=O) groups is 1. The van der Waals surface area contributed by atoms with Gasteiger partial charge in [-0.15, -0.1) is 0 Å². The molecular weight excluding hydrogens is 363 g/mol. The number of amides is 2. The Labute approximate surface area is 142 Å². The summed E-state index contributed by atoms with van der Waals surface area (Å²) in [6, 6.07) is 10.0. The predicted octanol–water partition coefficient (Wildman–Crippen LogP) is 4.05. The van der Waals surface area contributed by atoms with E-state index >= 15 is 0 Å². The second kappa shape index (κ2) is 6.35. The average molecular weight is 381 g/mol. The Hall–Kier alpha value is -1.82. The van der Waals surface area contributed by atoms with Crippen molar-refractivity contribution in [3.8, 4) is 0 Å². The molecule has 0 radical (unpaired) electrons. The van der Waals surface area contributed by atoms with Crippen LogP contribution in [0.1, 0.15) is 24.2 Å². The zero-order chi connectivity index (χ0) is 16.4. The molecule has 122 valence electrons. The SMILES string of the molecule is CN(Cc1ccc(Br)o1)C(=O)NCC1(c2ccc(F)cc2)CC1. The number of hydrogen-bond acceptors (Lipinski definition) is 2. The van der Waals surface area contributed by atoms with E-state index < -0.39 is 0 Å². The first-order chi connectivity index (χ1) is 11.0. The van der Waals surface area contributed by atoms with Crippen LogP contribution in [0.2, 0.25) is 0 Å². The van der Waals surface area contributed by atoms with Crippen molar-refractivity contribution < 1.29 is 13.6 Å². The van der Waals surface area contributed by atoms with Crippen LogP contribution in [0.25, 0.3) is 0 Å². The summed E-state index contributed by atoms with van der Waals surface area (Å²) in [4.78, 5) is 13.8. The maximum absolute atomic E-state index is 13.0. The number of carbonyl (C=O) groups excluding carboxylic acids is 1. The fourth-order valence-corrected chi connectivity index (χ4v) is 2.98. The lowest BCUT2D eigenvalue weighted by Gasteiger charge is -2.21. The number of benzene rings is 1. The Kier molecular flexibility index (Phi) is 4.43. The highest BCUT2D eigenvalue weighted by Crippen LogP contribution is 2.47. The molecular formula is C17H18BrFN2O2. The van der Waals surface area contributed by atoms with E-state index in [9.17, 15) is 9.18 Å². The molecule has 1 aliphatic rings. The number of hydrogen-bond donors (Lipinski definition) is 1. The molecule has 1 saturated carbocycles. The van der Waals surface area contributed by atoms with E-state index in [0.29, 0.717) is 23.5 Å². The first-order valence-electron chi connectivity index (χ1n) is 7.48. The van der Waals surface area contributed by atoms with Crippen molar-refractivity contribution in [2.75, 3.05) is 13.6 Å². The van der Waals surface area contributed by atoms with Crippen LogP contribution in [0, 0.1) is 5.82 Å². The summed E-state index contributed by atoms with van der Waals surface area (Å²) in [5, 5.41) is 2.97. The Morgan fingerprint density at radius 3 is 2.57 bits per heavy atom. The van der Waals surface area contributed by atoms with Gasteiger partial charge in [0, 0.05) is 19.0 Å². The fourth-order valence-electron chi connectivity index (χ4n) is 2.64. The number of nitrogens with zero attached hydrogens (tertiary/aromatic N) is 1. The molecule has 1 fully saturated rings. The molecule has 1 aromatic heterocycles. The third-order valence-corrected chi connectivity index (χ3v) is 4.68. The lowest BCUT2D eigenvalue weighted by Crippen LogP contribution is -2.40. The number of halogens is 2. The van der Waals surface area contributed by atoms with Gasteiger partial charge >= 0.3 is 6.03 Å². The van der Waals surface area contributed by atoms with Crippen molar-refractivity contribution in [1.29, 1.82) is 0 Å². The van der Waals surface area contributed by atoms with Gasteiger partial charge in [0.15, 0.2) is 4.67 Å². The molecule has 0 atom stereocenters. The van der Waals surface area contributed by atoms with Crippen LogP contribution in [0.3, 0.4) is 0 Å². The minimum atomic E-state index is -0.238. The minimum absolute atomic E-state index is 0.0437. The summed E-state index contributed by atoms with van der Waals surface area (Å²) in [7, 11) is 1.73. The molecule has 0 aliphatic heterocycles. The average Bonchev–Trinajstić information content (AvgIpc) is 3.22. The van der Waals surface area contributed by atoms with Crippen LogP contribution in [-0.2, 0) is 12.0 Å². The monoisotopic (exact) mass is 380 g/mol. The van der Waals surface area contributed by atoms with Crippen LogP contribution in [0.5, 0.6) is 0 Å². The van der Waals surface area contributed by atoms with E-state index in [0.717, 1.165) is 18.4 Å². The Balaban J connectivity index is 1.55. The summed E-state index contributed by atoms with van der Waals surface area (Å²) >= 11 is 3.24. The Bertz CT molecular complexity index is 695. The molecule has 1 aromatic carbocycles. The molecule has 3 rings (SSSR count). The van der Waals surface area contributed by atoms with Gasteiger partial charge in [-0.3, -0.25) is 0 Å². The van der Waals surface area contributed by atoms with Crippen LogP contribution in [0.15, 0.2) is 45.5 Å². The van der Waals surface area contributed by atoms with Crippen LogP contribution in [0.4, 0.5) is 9.18 Å². The van der Waals surface area contributed by atoms with Gasteiger partial charge in [0.05, 0.1) is 6.54 Å². The van der Waals surface area contributed by atoms with E-state index in [-0.39, 0.29) is 17.3 Å². The predicted molar refractivity (Wildman–Crippen MR) is 88.6 cm³/mol. The normalized spacial score (nSPS) is 15.3. The molecule has 1 aliphatic carbocycles. The highest BCUT2D eigenvalue weighted by molar-refractivity contribution is 9.10. The van der Waals surface area contributed by atoms with E-state index in [1.807, 2.05) is 6.07 Å². The molecule has 2 aromatic rings. The zero-order valence-electron chi connectivity index (χ0n) is 12.8. The minimum Gasteiger partial charge on any atom is -0.452 e. The maximum Gasteiger partial charge on any atom is 0.317 e. The first kappa shape index (κ1) is 16.1. The molecule has 0 saturated heterocycles. The summed E-state index contributed by atoms with van der Waals surface area (Å²) < 4.78 is 19.1. The van der Waals surface area contributed by atoms with Crippen molar-refractivity contribution >= 4 is 22.0 Å². The third-order valence-electron chi connectivity index (χ3n) is 4.26. The van der Waals surface area contributed by atoms with Gasteiger partial charge in [-0.1, -0.05) is 12.1 Å². The second-order valence-electron chi connectivity index (χ2n) is 6.01. The topological polar surface area (TPSA) is 45.5 Å². The molecule has 4 nitrogen and oxygen atoms in total. The molecule has 0 spiro atoms. The number of nitrogens with one attached hydrogen (secondary N) is 1. The van der Waals surface area contributed by atoms with Gasteiger partial charge in [-0.05, 0) is 58.6 Å². The van der Waals surface area contributed by atoms with Crippen LogP contribution < -0.4 is 5.32 Å². The Morgan fingerprint density at radius 2 is 2.00 bits per heavy atom. The molecule has 1 heterocycles. The van der Waals surface area contributed by atoms with E-state index in [2.05, 4.69) is 21.2 Å². The van der Waals surface area contributed by atoms with E-state index in [1.165, 1.54) is 12.1 Å². The van der Waals surface area contributed by atoms with Gasteiger partial charge in [0.2, 0.25) is 0 Å². The highest BCUT2D eigenvalue weighted by Gasteiger charge is 2.44.